The molecule has 4 rings (SSSR count). The molecule has 4 aromatic rings. The Kier molecular flexibility index (Phi) is 5.39. The number of amides is 1. The molecule has 0 bridgehead atoms. The van der Waals surface area contributed by atoms with Crippen molar-refractivity contribution in [3.05, 3.63) is 77.3 Å². The topological polar surface area (TPSA) is 69.0 Å². The number of benzene rings is 2. The highest BCUT2D eigenvalue weighted by Crippen LogP contribution is 2.26. The molecule has 0 saturated heterocycles. The summed E-state index contributed by atoms with van der Waals surface area (Å²) in [5, 5.41) is 10.0. The molecule has 0 aliphatic carbocycles. The van der Waals surface area contributed by atoms with Crippen LogP contribution in [0.2, 0.25) is 0 Å². The molecule has 7 heteroatoms. The van der Waals surface area contributed by atoms with Crippen LogP contribution < -0.4 is 10.1 Å². The zero-order chi connectivity index (χ0) is 20.2. The number of ether oxygens (including phenoxy) is 1. The van der Waals surface area contributed by atoms with Crippen LogP contribution in [0.1, 0.15) is 11.3 Å². The standard InChI is InChI=1S/C22H20N4O2S/c1-15-8-6-7-11-19(15)28-13-21(27)24-20-12-16(2)25-26(20)22-23-18(14-29-22)17-9-4-3-5-10-17/h3-12,14H,13H2,1-2H3,(H,24,27). The first-order valence-corrected chi connectivity index (χ1v) is 10.0. The van der Waals surface area contributed by atoms with Gasteiger partial charge in [-0.1, -0.05) is 48.5 Å². The summed E-state index contributed by atoms with van der Waals surface area (Å²) >= 11 is 1.47. The second-order valence-electron chi connectivity index (χ2n) is 6.57. The Hall–Kier alpha value is -3.45. The first-order chi connectivity index (χ1) is 14.1. The van der Waals surface area contributed by atoms with Crippen LogP contribution in [0.4, 0.5) is 5.82 Å². The minimum Gasteiger partial charge on any atom is -0.483 e. The molecule has 146 valence electrons. The smallest absolute Gasteiger partial charge is 0.263 e. The highest BCUT2D eigenvalue weighted by atomic mass is 32.1. The Morgan fingerprint density at radius 3 is 2.66 bits per heavy atom. The van der Waals surface area contributed by atoms with Crippen molar-refractivity contribution in [3.8, 4) is 22.1 Å². The summed E-state index contributed by atoms with van der Waals surface area (Å²) in [4.78, 5) is 17.1. The summed E-state index contributed by atoms with van der Waals surface area (Å²) in [5.41, 5.74) is 3.68. The minimum atomic E-state index is -0.255. The lowest BCUT2D eigenvalue weighted by molar-refractivity contribution is -0.118. The van der Waals surface area contributed by atoms with Gasteiger partial charge >= 0.3 is 0 Å². The second-order valence-corrected chi connectivity index (χ2v) is 7.40. The average molecular weight is 404 g/mol. The maximum atomic E-state index is 12.4. The van der Waals surface area contributed by atoms with Crippen LogP contribution in [0.15, 0.2) is 66.0 Å². The van der Waals surface area contributed by atoms with Gasteiger partial charge in [0.2, 0.25) is 5.13 Å². The van der Waals surface area contributed by atoms with Crippen LogP contribution in [-0.4, -0.2) is 27.3 Å². The summed E-state index contributed by atoms with van der Waals surface area (Å²) in [6, 6.07) is 19.4. The minimum absolute atomic E-state index is 0.0811. The van der Waals surface area contributed by atoms with E-state index in [2.05, 4.69) is 15.4 Å². The van der Waals surface area contributed by atoms with E-state index in [4.69, 9.17) is 4.74 Å². The largest absolute Gasteiger partial charge is 0.483 e. The van der Waals surface area contributed by atoms with Crippen molar-refractivity contribution in [1.82, 2.24) is 14.8 Å². The highest BCUT2D eigenvalue weighted by molar-refractivity contribution is 7.12. The Morgan fingerprint density at radius 1 is 1.10 bits per heavy atom. The number of nitrogens with one attached hydrogen (secondary N) is 1. The number of hydrogen-bond acceptors (Lipinski definition) is 5. The van der Waals surface area contributed by atoms with Crippen LogP contribution in [-0.2, 0) is 4.79 Å². The average Bonchev–Trinajstić information content (AvgIpc) is 3.35. The number of carbonyl (C=O) groups is 1. The molecule has 0 aliphatic rings. The lowest BCUT2D eigenvalue weighted by Gasteiger charge is -2.09. The zero-order valence-corrected chi connectivity index (χ0v) is 16.9. The van der Waals surface area contributed by atoms with Crippen LogP contribution in [0.25, 0.3) is 16.4 Å². The predicted molar refractivity (Wildman–Crippen MR) is 115 cm³/mol. The van der Waals surface area contributed by atoms with E-state index >= 15 is 0 Å². The number of aromatic nitrogens is 3. The van der Waals surface area contributed by atoms with Crippen molar-refractivity contribution in [2.45, 2.75) is 13.8 Å². The van der Waals surface area contributed by atoms with Gasteiger partial charge in [0, 0.05) is 17.0 Å². The van der Waals surface area contributed by atoms with Crippen LogP contribution in [0.5, 0.6) is 5.75 Å². The number of aryl methyl sites for hydroxylation is 2. The fourth-order valence-electron chi connectivity index (χ4n) is 2.88. The molecule has 2 aromatic heterocycles. The number of thiazole rings is 1. The highest BCUT2D eigenvalue weighted by Gasteiger charge is 2.15. The second kappa shape index (κ2) is 8.28. The van der Waals surface area contributed by atoms with Gasteiger partial charge in [-0.15, -0.1) is 11.3 Å². The third kappa shape index (κ3) is 4.35. The summed E-state index contributed by atoms with van der Waals surface area (Å²) in [6.07, 6.45) is 0. The van der Waals surface area contributed by atoms with Gasteiger partial charge in [0.25, 0.3) is 5.91 Å². The van der Waals surface area contributed by atoms with Crippen LogP contribution in [0, 0.1) is 13.8 Å². The molecular weight excluding hydrogens is 384 g/mol. The monoisotopic (exact) mass is 404 g/mol. The summed E-state index contributed by atoms with van der Waals surface area (Å²) in [7, 11) is 0. The van der Waals surface area contributed by atoms with E-state index in [1.165, 1.54) is 11.3 Å². The third-order valence-corrected chi connectivity index (χ3v) is 5.11. The summed E-state index contributed by atoms with van der Waals surface area (Å²) in [6.45, 7) is 3.74. The van der Waals surface area contributed by atoms with Gasteiger partial charge in [-0.05, 0) is 25.5 Å². The molecule has 2 heterocycles. The summed E-state index contributed by atoms with van der Waals surface area (Å²) in [5.74, 6) is 1.00. The van der Waals surface area contributed by atoms with E-state index in [-0.39, 0.29) is 12.5 Å². The van der Waals surface area contributed by atoms with E-state index in [0.717, 1.165) is 22.5 Å². The van der Waals surface area contributed by atoms with Gasteiger partial charge in [0.1, 0.15) is 11.6 Å². The molecule has 0 fully saturated rings. The molecular formula is C22H20N4O2S. The van der Waals surface area contributed by atoms with Crippen molar-refractivity contribution >= 4 is 23.1 Å². The fourth-order valence-corrected chi connectivity index (χ4v) is 3.67. The van der Waals surface area contributed by atoms with Crippen molar-refractivity contribution in [3.63, 3.8) is 0 Å². The van der Waals surface area contributed by atoms with Gasteiger partial charge in [-0.25, -0.2) is 4.98 Å². The molecule has 0 saturated carbocycles. The van der Waals surface area contributed by atoms with Gasteiger partial charge in [-0.3, -0.25) is 4.79 Å². The number of rotatable bonds is 6. The van der Waals surface area contributed by atoms with E-state index < -0.39 is 0 Å². The lowest BCUT2D eigenvalue weighted by atomic mass is 10.2. The molecule has 1 amide bonds. The van der Waals surface area contributed by atoms with Gasteiger partial charge in [0.05, 0.1) is 11.4 Å². The van der Waals surface area contributed by atoms with Gasteiger partial charge in [0.15, 0.2) is 6.61 Å². The quantitative estimate of drug-likeness (QED) is 0.509. The molecule has 0 spiro atoms. The molecule has 0 unspecified atom stereocenters. The van der Waals surface area contributed by atoms with E-state index in [1.807, 2.05) is 79.9 Å². The fraction of sp³-hybridized carbons (Fsp3) is 0.136. The van der Waals surface area contributed by atoms with Crippen LogP contribution >= 0.6 is 11.3 Å². The molecule has 0 radical (unpaired) electrons. The Labute approximate surface area is 172 Å². The van der Waals surface area contributed by atoms with Crippen LogP contribution in [0.3, 0.4) is 0 Å². The molecule has 1 N–H and O–H groups in total. The first-order valence-electron chi connectivity index (χ1n) is 9.16. The van der Waals surface area contributed by atoms with E-state index in [1.54, 1.807) is 4.68 Å². The van der Waals surface area contributed by atoms with Crippen molar-refractivity contribution in [2.24, 2.45) is 0 Å². The normalized spacial score (nSPS) is 10.7. The number of nitrogens with zero attached hydrogens (tertiary/aromatic N) is 3. The Morgan fingerprint density at radius 2 is 1.86 bits per heavy atom. The number of para-hydroxylation sites is 1. The third-order valence-electron chi connectivity index (χ3n) is 4.29. The molecule has 2 aromatic carbocycles. The van der Waals surface area contributed by atoms with E-state index in [0.29, 0.717) is 16.7 Å². The molecule has 6 nitrogen and oxygen atoms in total. The Bertz CT molecular complexity index is 1130. The molecule has 0 aliphatic heterocycles. The molecule has 0 atom stereocenters. The predicted octanol–water partition coefficient (Wildman–Crippen LogP) is 4.63. The number of carbonyl (C=O) groups excluding carboxylic acids is 1. The SMILES string of the molecule is Cc1cc(NC(=O)COc2ccccc2C)n(-c2nc(-c3ccccc3)cs2)n1. The van der Waals surface area contributed by atoms with E-state index in [9.17, 15) is 4.79 Å². The number of hydrogen-bond donors (Lipinski definition) is 1. The number of anilines is 1. The molecule has 29 heavy (non-hydrogen) atoms. The summed E-state index contributed by atoms with van der Waals surface area (Å²) < 4.78 is 7.28. The maximum absolute atomic E-state index is 12.4. The lowest BCUT2D eigenvalue weighted by Crippen LogP contribution is -2.22. The van der Waals surface area contributed by atoms with Crippen molar-refractivity contribution in [2.75, 3.05) is 11.9 Å². The Balaban J connectivity index is 1.49. The van der Waals surface area contributed by atoms with Crippen molar-refractivity contribution < 1.29 is 9.53 Å². The van der Waals surface area contributed by atoms with Gasteiger partial charge < -0.3 is 10.1 Å². The van der Waals surface area contributed by atoms with Gasteiger partial charge in [-0.2, -0.15) is 9.78 Å². The van der Waals surface area contributed by atoms with Crippen molar-refractivity contribution in [1.29, 1.82) is 0 Å². The zero-order valence-electron chi connectivity index (χ0n) is 16.1. The first kappa shape index (κ1) is 18.9. The maximum Gasteiger partial charge on any atom is 0.263 e.